The SMILES string of the molecule is CCCCCCCCC(C)CCOP(=O)(OC(=O)CC(C)CC)C1CCCCC1. The van der Waals surface area contributed by atoms with Crippen LogP contribution in [0.4, 0.5) is 0 Å². The Labute approximate surface area is 180 Å². The third-order valence-corrected chi connectivity index (χ3v) is 8.81. The van der Waals surface area contributed by atoms with Crippen LogP contribution in [-0.4, -0.2) is 18.2 Å². The fourth-order valence-corrected chi connectivity index (χ4v) is 6.14. The first-order valence-corrected chi connectivity index (χ1v) is 14.0. The van der Waals surface area contributed by atoms with Crippen molar-refractivity contribution in [3.05, 3.63) is 0 Å². The Morgan fingerprint density at radius 2 is 1.59 bits per heavy atom. The molecule has 0 N–H and O–H groups in total. The quantitative estimate of drug-likeness (QED) is 0.182. The van der Waals surface area contributed by atoms with Gasteiger partial charge in [-0.15, -0.1) is 0 Å². The van der Waals surface area contributed by atoms with E-state index >= 15 is 0 Å². The van der Waals surface area contributed by atoms with Gasteiger partial charge in [0.15, 0.2) is 0 Å². The van der Waals surface area contributed by atoms with Crippen LogP contribution >= 0.6 is 7.60 Å². The monoisotopic (exact) mass is 430 g/mol. The Kier molecular flexibility index (Phi) is 14.2. The molecule has 0 saturated heterocycles. The highest BCUT2D eigenvalue weighted by molar-refractivity contribution is 7.55. The summed E-state index contributed by atoms with van der Waals surface area (Å²) in [7, 11) is -3.37. The van der Waals surface area contributed by atoms with Crippen LogP contribution in [0.3, 0.4) is 0 Å². The van der Waals surface area contributed by atoms with Gasteiger partial charge in [-0.25, -0.2) is 4.57 Å². The zero-order chi connectivity index (χ0) is 21.5. The summed E-state index contributed by atoms with van der Waals surface area (Å²) in [6, 6.07) is 0. The van der Waals surface area contributed by atoms with Gasteiger partial charge in [0.1, 0.15) is 0 Å². The smallest absolute Gasteiger partial charge is 0.384 e. The van der Waals surface area contributed by atoms with E-state index in [1.54, 1.807) is 0 Å². The van der Waals surface area contributed by atoms with E-state index in [1.165, 1.54) is 51.4 Å². The van der Waals surface area contributed by atoms with Crippen molar-refractivity contribution in [2.75, 3.05) is 6.61 Å². The van der Waals surface area contributed by atoms with Gasteiger partial charge in [-0.1, -0.05) is 98.3 Å². The van der Waals surface area contributed by atoms with Crippen LogP contribution in [0, 0.1) is 11.8 Å². The molecule has 0 spiro atoms. The molecule has 0 aliphatic heterocycles. The van der Waals surface area contributed by atoms with Crippen molar-refractivity contribution < 1.29 is 18.4 Å². The molecule has 0 heterocycles. The molecule has 1 saturated carbocycles. The highest BCUT2D eigenvalue weighted by Gasteiger charge is 2.39. The predicted octanol–water partition coefficient (Wildman–Crippen LogP) is 8.29. The van der Waals surface area contributed by atoms with E-state index in [9.17, 15) is 9.36 Å². The lowest BCUT2D eigenvalue weighted by atomic mass is 9.99. The first-order valence-electron chi connectivity index (χ1n) is 12.4. The van der Waals surface area contributed by atoms with E-state index in [-0.39, 0.29) is 17.5 Å². The van der Waals surface area contributed by atoms with Crippen LogP contribution < -0.4 is 0 Å². The highest BCUT2D eigenvalue weighted by atomic mass is 31.2. The summed E-state index contributed by atoms with van der Waals surface area (Å²) in [5.74, 6) is 0.449. The lowest BCUT2D eigenvalue weighted by molar-refractivity contribution is -0.136. The second-order valence-electron chi connectivity index (χ2n) is 9.30. The number of hydrogen-bond donors (Lipinski definition) is 0. The summed E-state index contributed by atoms with van der Waals surface area (Å²) in [6.45, 7) is 9.00. The minimum atomic E-state index is -3.37. The van der Waals surface area contributed by atoms with Crippen LogP contribution in [0.15, 0.2) is 0 Å². The van der Waals surface area contributed by atoms with Gasteiger partial charge in [-0.2, -0.15) is 0 Å². The molecule has 0 aromatic heterocycles. The third-order valence-electron chi connectivity index (χ3n) is 6.40. The summed E-state index contributed by atoms with van der Waals surface area (Å²) in [5, 5.41) is 0. The first-order chi connectivity index (χ1) is 13.9. The maximum atomic E-state index is 13.5. The van der Waals surface area contributed by atoms with Gasteiger partial charge in [0.05, 0.1) is 12.3 Å². The average Bonchev–Trinajstić information content (AvgIpc) is 2.71. The molecule has 0 radical (unpaired) electrons. The van der Waals surface area contributed by atoms with Gasteiger partial charge in [-0.05, 0) is 31.1 Å². The molecule has 1 fully saturated rings. The van der Waals surface area contributed by atoms with Crippen molar-refractivity contribution in [3.63, 3.8) is 0 Å². The summed E-state index contributed by atoms with van der Waals surface area (Å²) in [6.07, 6.45) is 16.2. The van der Waals surface area contributed by atoms with E-state index in [0.29, 0.717) is 18.9 Å². The molecule has 0 aromatic rings. The van der Waals surface area contributed by atoms with Gasteiger partial charge >= 0.3 is 13.6 Å². The summed E-state index contributed by atoms with van der Waals surface area (Å²) in [4.78, 5) is 12.3. The molecule has 5 heteroatoms. The van der Waals surface area contributed by atoms with E-state index in [2.05, 4.69) is 20.8 Å². The minimum Gasteiger partial charge on any atom is -0.391 e. The lowest BCUT2D eigenvalue weighted by Gasteiger charge is -2.29. The average molecular weight is 431 g/mol. The van der Waals surface area contributed by atoms with Crippen molar-refractivity contribution >= 4 is 13.6 Å². The third kappa shape index (κ3) is 11.6. The van der Waals surface area contributed by atoms with Crippen molar-refractivity contribution in [1.82, 2.24) is 0 Å². The van der Waals surface area contributed by atoms with Crippen molar-refractivity contribution in [2.24, 2.45) is 11.8 Å². The zero-order valence-electron chi connectivity index (χ0n) is 19.6. The van der Waals surface area contributed by atoms with E-state index in [1.807, 2.05) is 6.92 Å². The molecule has 1 aliphatic rings. The standard InChI is InChI=1S/C24H47O4P/c1-5-7-8-9-10-12-15-22(4)18-19-27-29(26,23-16-13-11-14-17-23)28-24(25)20-21(3)6-2/h21-23H,5-20H2,1-4H3. The molecule has 1 rings (SSSR count). The Balaban J connectivity index is 2.44. The van der Waals surface area contributed by atoms with Crippen LogP contribution in [0.25, 0.3) is 0 Å². The Morgan fingerprint density at radius 1 is 0.931 bits per heavy atom. The molecule has 1 aliphatic carbocycles. The molecular weight excluding hydrogens is 383 g/mol. The molecule has 29 heavy (non-hydrogen) atoms. The Morgan fingerprint density at radius 3 is 2.24 bits per heavy atom. The van der Waals surface area contributed by atoms with Crippen LogP contribution in [0.2, 0.25) is 0 Å². The van der Waals surface area contributed by atoms with Gasteiger partial charge in [-0.3, -0.25) is 9.32 Å². The number of rotatable bonds is 16. The maximum absolute atomic E-state index is 13.5. The predicted molar refractivity (Wildman–Crippen MR) is 122 cm³/mol. The Hall–Kier alpha value is -0.340. The molecular formula is C24H47O4P. The molecule has 0 aromatic carbocycles. The number of unbranched alkanes of at least 4 members (excludes halogenated alkanes) is 5. The molecule has 3 atom stereocenters. The molecule has 4 nitrogen and oxygen atoms in total. The molecule has 172 valence electrons. The normalized spacial score (nSPS) is 19.4. The zero-order valence-corrected chi connectivity index (χ0v) is 20.5. The number of carbonyl (C=O) groups is 1. The fourth-order valence-electron chi connectivity index (χ4n) is 4.01. The van der Waals surface area contributed by atoms with E-state index in [0.717, 1.165) is 38.5 Å². The topological polar surface area (TPSA) is 52.6 Å². The van der Waals surface area contributed by atoms with E-state index in [4.69, 9.17) is 9.05 Å². The molecule has 3 unspecified atom stereocenters. The molecule has 0 bridgehead atoms. The largest absolute Gasteiger partial charge is 0.391 e. The molecule has 0 amide bonds. The minimum absolute atomic E-state index is 0.106. The van der Waals surface area contributed by atoms with Crippen LogP contribution in [0.1, 0.15) is 124 Å². The lowest BCUT2D eigenvalue weighted by Crippen LogP contribution is -2.20. The second-order valence-corrected chi connectivity index (χ2v) is 11.5. The van der Waals surface area contributed by atoms with Gasteiger partial charge in [0.25, 0.3) is 0 Å². The summed E-state index contributed by atoms with van der Waals surface area (Å²) < 4.78 is 25.0. The van der Waals surface area contributed by atoms with E-state index < -0.39 is 7.60 Å². The van der Waals surface area contributed by atoms with Gasteiger partial charge < -0.3 is 4.52 Å². The van der Waals surface area contributed by atoms with Crippen LogP contribution in [-0.2, 0) is 18.4 Å². The maximum Gasteiger partial charge on any atom is 0.384 e. The number of hydrogen-bond acceptors (Lipinski definition) is 4. The van der Waals surface area contributed by atoms with Gasteiger partial charge in [0.2, 0.25) is 0 Å². The fraction of sp³-hybridized carbons (Fsp3) is 0.958. The van der Waals surface area contributed by atoms with Crippen molar-refractivity contribution in [2.45, 2.75) is 130 Å². The number of carbonyl (C=O) groups excluding carboxylic acids is 1. The van der Waals surface area contributed by atoms with Crippen LogP contribution in [0.5, 0.6) is 0 Å². The van der Waals surface area contributed by atoms with Crippen molar-refractivity contribution in [3.8, 4) is 0 Å². The van der Waals surface area contributed by atoms with Gasteiger partial charge in [0, 0.05) is 6.42 Å². The highest BCUT2D eigenvalue weighted by Crippen LogP contribution is 2.58. The summed E-state index contributed by atoms with van der Waals surface area (Å²) >= 11 is 0. The van der Waals surface area contributed by atoms with Crippen molar-refractivity contribution in [1.29, 1.82) is 0 Å². The second kappa shape index (κ2) is 15.5. The first kappa shape index (κ1) is 26.7. The summed E-state index contributed by atoms with van der Waals surface area (Å²) in [5.41, 5.74) is -0.106. The Bertz CT molecular complexity index is 474.